The summed E-state index contributed by atoms with van der Waals surface area (Å²) in [6.45, 7) is 3.77. The number of amides is 2. The van der Waals surface area contributed by atoms with Crippen LogP contribution in [0.1, 0.15) is 36.1 Å². The number of halogens is 1. The Balaban J connectivity index is 1.28. The van der Waals surface area contributed by atoms with Crippen molar-refractivity contribution in [1.29, 1.82) is 0 Å². The molecule has 2 saturated heterocycles. The highest BCUT2D eigenvalue weighted by Crippen LogP contribution is 2.51. The Morgan fingerprint density at radius 1 is 1.08 bits per heavy atom. The molecule has 10 heteroatoms. The van der Waals surface area contributed by atoms with Gasteiger partial charge in [0.15, 0.2) is 5.78 Å². The highest BCUT2D eigenvalue weighted by atomic mass is 79.9. The summed E-state index contributed by atoms with van der Waals surface area (Å²) < 4.78 is 2.43. The molecule has 2 bridgehead atoms. The number of hydrogen-bond donors (Lipinski definition) is 1. The molecule has 192 valence electrons. The van der Waals surface area contributed by atoms with Crippen LogP contribution in [0.2, 0.25) is 0 Å². The Hall–Kier alpha value is -3.92. The van der Waals surface area contributed by atoms with E-state index in [0.717, 1.165) is 15.6 Å². The number of fused-ring (bicyclic) bond motifs is 2. The summed E-state index contributed by atoms with van der Waals surface area (Å²) in [6, 6.07) is 13.0. The fourth-order valence-corrected chi connectivity index (χ4v) is 6.03. The predicted molar refractivity (Wildman–Crippen MR) is 145 cm³/mol. The van der Waals surface area contributed by atoms with Gasteiger partial charge in [0.25, 0.3) is 0 Å². The van der Waals surface area contributed by atoms with E-state index in [9.17, 15) is 14.4 Å². The van der Waals surface area contributed by atoms with Gasteiger partial charge in [-0.1, -0.05) is 28.1 Å². The summed E-state index contributed by atoms with van der Waals surface area (Å²) in [4.78, 5) is 49.6. The lowest BCUT2D eigenvalue weighted by Crippen LogP contribution is -2.57. The monoisotopic (exact) mass is 572 g/mol. The molecule has 2 aromatic carbocycles. The second-order valence-electron chi connectivity index (χ2n) is 10.1. The highest BCUT2D eigenvalue weighted by molar-refractivity contribution is 9.10. The van der Waals surface area contributed by atoms with Crippen LogP contribution in [-0.2, 0) is 16.1 Å². The van der Waals surface area contributed by atoms with Gasteiger partial charge in [-0.25, -0.2) is 9.97 Å². The van der Waals surface area contributed by atoms with E-state index in [1.54, 1.807) is 22.0 Å². The molecule has 1 saturated carbocycles. The molecule has 38 heavy (non-hydrogen) atoms. The summed E-state index contributed by atoms with van der Waals surface area (Å²) in [7, 11) is 0. The maximum atomic E-state index is 13.6. The Morgan fingerprint density at radius 3 is 2.55 bits per heavy atom. The molecule has 2 aromatic heterocycles. The number of carbonyl (C=O) groups is 3. The molecule has 1 aliphatic carbocycles. The number of anilines is 1. The average molecular weight is 573 g/mol. The Kier molecular flexibility index (Phi) is 5.86. The minimum atomic E-state index is -0.852. The largest absolute Gasteiger partial charge is 0.326 e. The minimum Gasteiger partial charge on any atom is -0.326 e. The molecule has 1 N–H and O–H groups in total. The van der Waals surface area contributed by atoms with Crippen molar-refractivity contribution in [3.8, 4) is 11.1 Å². The Bertz CT molecular complexity index is 1610. The van der Waals surface area contributed by atoms with E-state index in [4.69, 9.17) is 0 Å². The van der Waals surface area contributed by atoms with E-state index in [2.05, 4.69) is 36.3 Å². The second kappa shape index (κ2) is 9.13. The number of ketones is 1. The lowest BCUT2D eigenvalue weighted by molar-refractivity contribution is -0.143. The maximum absolute atomic E-state index is 13.6. The first-order valence-corrected chi connectivity index (χ1v) is 13.2. The zero-order valence-electron chi connectivity index (χ0n) is 20.9. The third-order valence-corrected chi connectivity index (χ3v) is 7.99. The zero-order chi connectivity index (χ0) is 26.6. The van der Waals surface area contributed by atoms with Gasteiger partial charge >= 0.3 is 0 Å². The van der Waals surface area contributed by atoms with Gasteiger partial charge in [-0.2, -0.15) is 5.10 Å². The van der Waals surface area contributed by atoms with E-state index in [-0.39, 0.29) is 24.1 Å². The van der Waals surface area contributed by atoms with Crippen LogP contribution in [0.3, 0.4) is 0 Å². The first-order chi connectivity index (χ1) is 18.2. The van der Waals surface area contributed by atoms with Crippen LogP contribution in [0.5, 0.6) is 0 Å². The molecule has 3 fully saturated rings. The summed E-state index contributed by atoms with van der Waals surface area (Å²) >= 11 is 3.43. The molecule has 3 aliphatic rings. The summed E-state index contributed by atoms with van der Waals surface area (Å²) in [5.41, 5.74) is 2.49. The van der Waals surface area contributed by atoms with Crippen LogP contribution in [0, 0.1) is 12.8 Å². The van der Waals surface area contributed by atoms with Crippen molar-refractivity contribution in [3.05, 3.63) is 70.8 Å². The SMILES string of the molecule is CC(=O)c1nn(CC(=O)N2CC3CC2(C(=O)Nc2cccc(Br)c2)C3)c2ccc(-c3cnc(C)nc3)cc12. The molecule has 4 aromatic rings. The highest BCUT2D eigenvalue weighted by Gasteiger charge is 2.62. The number of nitrogens with one attached hydrogen (secondary N) is 1. The normalized spacial score (nSPS) is 19.9. The maximum Gasteiger partial charge on any atom is 0.250 e. The molecule has 7 rings (SSSR count). The molecule has 2 amide bonds. The second-order valence-corrected chi connectivity index (χ2v) is 11.0. The summed E-state index contributed by atoms with van der Waals surface area (Å²) in [6.07, 6.45) is 4.78. The van der Waals surface area contributed by atoms with Gasteiger partial charge in [0, 0.05) is 47.0 Å². The van der Waals surface area contributed by atoms with Crippen molar-refractivity contribution in [3.63, 3.8) is 0 Å². The van der Waals surface area contributed by atoms with Crippen LogP contribution >= 0.6 is 15.9 Å². The number of Topliss-reactive ketones (excluding diaryl/α,β-unsaturated/α-hetero) is 1. The van der Waals surface area contributed by atoms with Gasteiger partial charge in [0.05, 0.1) is 5.52 Å². The molecule has 0 spiro atoms. The Labute approximate surface area is 227 Å². The third-order valence-electron chi connectivity index (χ3n) is 7.50. The molecule has 4 heterocycles. The first-order valence-electron chi connectivity index (χ1n) is 12.4. The molecule has 0 unspecified atom stereocenters. The van der Waals surface area contributed by atoms with Gasteiger partial charge in [-0.05, 0) is 61.6 Å². The van der Waals surface area contributed by atoms with Crippen molar-refractivity contribution >= 4 is 50.1 Å². The van der Waals surface area contributed by atoms with Gasteiger partial charge in [0.1, 0.15) is 23.6 Å². The number of carbonyl (C=O) groups excluding carboxylic acids is 3. The first kappa shape index (κ1) is 24.4. The van der Waals surface area contributed by atoms with Crippen LogP contribution in [0.25, 0.3) is 22.0 Å². The fraction of sp³-hybridized carbons (Fsp3) is 0.286. The van der Waals surface area contributed by atoms with Gasteiger partial charge in [0.2, 0.25) is 11.8 Å². The summed E-state index contributed by atoms with van der Waals surface area (Å²) in [5.74, 6) is 0.441. The van der Waals surface area contributed by atoms with Crippen LogP contribution < -0.4 is 5.32 Å². The minimum absolute atomic E-state index is 0.0601. The van der Waals surface area contributed by atoms with Crippen molar-refractivity contribution in [2.24, 2.45) is 5.92 Å². The van der Waals surface area contributed by atoms with Crippen molar-refractivity contribution in [2.75, 3.05) is 11.9 Å². The van der Waals surface area contributed by atoms with Crippen LogP contribution in [0.4, 0.5) is 5.69 Å². The molecule has 0 atom stereocenters. The third kappa shape index (κ3) is 4.09. The lowest BCUT2D eigenvalue weighted by Gasteiger charge is -2.40. The van der Waals surface area contributed by atoms with Crippen molar-refractivity contribution < 1.29 is 14.4 Å². The van der Waals surface area contributed by atoms with Gasteiger partial charge < -0.3 is 10.2 Å². The fourth-order valence-electron chi connectivity index (χ4n) is 5.63. The van der Waals surface area contributed by atoms with E-state index >= 15 is 0 Å². The zero-order valence-corrected chi connectivity index (χ0v) is 22.5. The molecule has 2 aliphatic heterocycles. The smallest absolute Gasteiger partial charge is 0.250 e. The van der Waals surface area contributed by atoms with Crippen LogP contribution in [0.15, 0.2) is 59.3 Å². The molecular weight excluding hydrogens is 548 g/mol. The topological polar surface area (TPSA) is 110 Å². The summed E-state index contributed by atoms with van der Waals surface area (Å²) in [5, 5.41) is 8.16. The van der Waals surface area contributed by atoms with Gasteiger partial charge in [-0.3, -0.25) is 19.1 Å². The number of benzene rings is 2. The average Bonchev–Trinajstić information content (AvgIpc) is 3.55. The number of hydrogen-bond acceptors (Lipinski definition) is 6. The number of aromatic nitrogens is 4. The van der Waals surface area contributed by atoms with Crippen LogP contribution in [-0.4, -0.2) is 54.3 Å². The quantitative estimate of drug-likeness (QED) is 0.343. The number of aryl methyl sites for hydroxylation is 1. The Morgan fingerprint density at radius 2 is 1.84 bits per heavy atom. The number of nitrogens with zero attached hydrogens (tertiary/aromatic N) is 5. The van der Waals surface area contributed by atoms with Crippen molar-refractivity contribution in [2.45, 2.75) is 38.8 Å². The van der Waals surface area contributed by atoms with Gasteiger partial charge in [-0.15, -0.1) is 0 Å². The predicted octanol–water partition coefficient (Wildman–Crippen LogP) is 4.40. The van der Waals surface area contributed by atoms with E-state index in [0.29, 0.717) is 53.4 Å². The van der Waals surface area contributed by atoms with E-state index in [1.165, 1.54) is 6.92 Å². The van der Waals surface area contributed by atoms with E-state index < -0.39 is 5.54 Å². The molecule has 0 radical (unpaired) electrons. The molecule has 9 nitrogen and oxygen atoms in total. The van der Waals surface area contributed by atoms with E-state index in [1.807, 2.05) is 49.4 Å². The van der Waals surface area contributed by atoms with Crippen molar-refractivity contribution in [1.82, 2.24) is 24.6 Å². The number of rotatable bonds is 6. The standard InChI is InChI=1S/C28H25BrN6O3/c1-16(36)26-23-8-19(20-12-30-17(2)31-13-20)6-7-24(23)35(33-26)15-25(37)34-14-18-10-28(34,11-18)27(38)32-22-5-3-4-21(29)9-22/h3-9,12-13,18H,10-11,14-15H2,1-2H3,(H,32,38). The lowest BCUT2D eigenvalue weighted by atomic mass is 9.72. The molecular formula is C28H25BrN6O3.